The first kappa shape index (κ1) is 21.1. The molecule has 2 aromatic carbocycles. The highest BCUT2D eigenvalue weighted by molar-refractivity contribution is 5.89. The molecule has 1 aliphatic rings. The van der Waals surface area contributed by atoms with E-state index < -0.39 is 11.9 Å². The lowest BCUT2D eigenvalue weighted by Gasteiger charge is -2.30. The standard InChI is InChI=1S/C23H24N2O5/c24-23(28)18-7-5-13-25(15-18)21(26)16-29-22(27)12-11-17-6-4-10-20(14-17)30-19-8-2-1-3-9-19/h1-4,6,8-12,14,18H,5,7,13,15-16H2,(H2,24,28)/b12-11+/t18-/m1/s1. The number of ether oxygens (including phenoxy) is 2. The molecule has 30 heavy (non-hydrogen) atoms. The maximum atomic E-state index is 12.2. The maximum Gasteiger partial charge on any atom is 0.331 e. The first-order valence-electron chi connectivity index (χ1n) is 9.76. The Morgan fingerprint density at radius 2 is 1.83 bits per heavy atom. The van der Waals surface area contributed by atoms with E-state index in [0.29, 0.717) is 30.9 Å². The van der Waals surface area contributed by atoms with Gasteiger partial charge in [-0.1, -0.05) is 30.3 Å². The number of carbonyl (C=O) groups excluding carboxylic acids is 3. The Balaban J connectivity index is 1.49. The van der Waals surface area contributed by atoms with Gasteiger partial charge in [-0.2, -0.15) is 0 Å². The fourth-order valence-electron chi connectivity index (χ4n) is 3.18. The lowest BCUT2D eigenvalue weighted by atomic mass is 9.97. The second-order valence-corrected chi connectivity index (χ2v) is 7.01. The zero-order valence-electron chi connectivity index (χ0n) is 16.5. The number of hydrogen-bond acceptors (Lipinski definition) is 5. The van der Waals surface area contributed by atoms with Crippen LogP contribution in [0, 0.1) is 5.92 Å². The van der Waals surface area contributed by atoms with Crippen LogP contribution < -0.4 is 10.5 Å². The smallest absolute Gasteiger partial charge is 0.331 e. The quantitative estimate of drug-likeness (QED) is 0.561. The minimum atomic E-state index is -0.624. The third kappa shape index (κ3) is 6.20. The zero-order chi connectivity index (χ0) is 21.3. The van der Waals surface area contributed by atoms with Crippen LogP contribution in [0.3, 0.4) is 0 Å². The molecule has 2 amide bonds. The topological polar surface area (TPSA) is 98.9 Å². The van der Waals surface area contributed by atoms with Gasteiger partial charge in [0.1, 0.15) is 11.5 Å². The summed E-state index contributed by atoms with van der Waals surface area (Å²) in [6.07, 6.45) is 4.23. The summed E-state index contributed by atoms with van der Waals surface area (Å²) in [6, 6.07) is 16.6. The number of benzene rings is 2. The fourth-order valence-corrected chi connectivity index (χ4v) is 3.18. The molecule has 1 atom stereocenters. The molecule has 2 N–H and O–H groups in total. The van der Waals surface area contributed by atoms with Crippen LogP contribution in [0.25, 0.3) is 6.08 Å². The molecule has 0 aromatic heterocycles. The van der Waals surface area contributed by atoms with E-state index in [1.54, 1.807) is 12.1 Å². The predicted octanol–water partition coefficient (Wildman–Crippen LogP) is 2.76. The lowest BCUT2D eigenvalue weighted by Crippen LogP contribution is -2.45. The van der Waals surface area contributed by atoms with Gasteiger partial charge in [-0.15, -0.1) is 0 Å². The number of piperidine rings is 1. The molecule has 0 bridgehead atoms. The monoisotopic (exact) mass is 408 g/mol. The van der Waals surface area contributed by atoms with Gasteiger partial charge in [-0.3, -0.25) is 9.59 Å². The molecule has 7 heteroatoms. The minimum absolute atomic E-state index is 0.274. The van der Waals surface area contributed by atoms with Crippen molar-refractivity contribution in [2.24, 2.45) is 11.7 Å². The van der Waals surface area contributed by atoms with E-state index in [4.69, 9.17) is 15.2 Å². The molecule has 156 valence electrons. The third-order valence-corrected chi connectivity index (χ3v) is 4.76. The Hall–Kier alpha value is -3.61. The van der Waals surface area contributed by atoms with Crippen LogP contribution >= 0.6 is 0 Å². The van der Waals surface area contributed by atoms with Crippen molar-refractivity contribution in [2.45, 2.75) is 12.8 Å². The van der Waals surface area contributed by atoms with Crippen LogP contribution in [0.2, 0.25) is 0 Å². The van der Waals surface area contributed by atoms with E-state index >= 15 is 0 Å². The molecule has 2 aromatic rings. The van der Waals surface area contributed by atoms with Gasteiger partial charge >= 0.3 is 5.97 Å². The van der Waals surface area contributed by atoms with Crippen molar-refractivity contribution in [2.75, 3.05) is 19.7 Å². The number of primary amides is 1. The molecule has 1 heterocycles. The summed E-state index contributed by atoms with van der Waals surface area (Å²) in [5, 5.41) is 0. The van der Waals surface area contributed by atoms with Crippen molar-refractivity contribution >= 4 is 23.9 Å². The van der Waals surface area contributed by atoms with Gasteiger partial charge in [0, 0.05) is 19.2 Å². The number of amides is 2. The van der Waals surface area contributed by atoms with Gasteiger partial charge in [0.15, 0.2) is 6.61 Å². The van der Waals surface area contributed by atoms with Gasteiger partial charge in [0.05, 0.1) is 5.92 Å². The van der Waals surface area contributed by atoms with Gasteiger partial charge in [-0.05, 0) is 48.7 Å². The number of likely N-dealkylation sites (tertiary alicyclic amines) is 1. The zero-order valence-corrected chi connectivity index (χ0v) is 16.5. The Morgan fingerprint density at radius 1 is 1.07 bits per heavy atom. The van der Waals surface area contributed by atoms with Crippen LogP contribution in [0.1, 0.15) is 18.4 Å². The Bertz CT molecular complexity index is 926. The summed E-state index contributed by atoms with van der Waals surface area (Å²) in [6.45, 7) is 0.436. The molecule has 1 fully saturated rings. The first-order valence-corrected chi connectivity index (χ1v) is 9.76. The van der Waals surface area contributed by atoms with Gasteiger partial charge in [-0.25, -0.2) is 4.79 Å². The van der Waals surface area contributed by atoms with Crippen molar-refractivity contribution < 1.29 is 23.9 Å². The maximum absolute atomic E-state index is 12.2. The van der Waals surface area contributed by atoms with Crippen molar-refractivity contribution in [1.82, 2.24) is 4.90 Å². The highest BCUT2D eigenvalue weighted by Gasteiger charge is 2.27. The summed E-state index contributed by atoms with van der Waals surface area (Å²) in [5.41, 5.74) is 6.08. The van der Waals surface area contributed by atoms with Crippen molar-refractivity contribution in [3.05, 3.63) is 66.2 Å². The van der Waals surface area contributed by atoms with Crippen LogP contribution in [0.4, 0.5) is 0 Å². The Kier molecular flexibility index (Phi) is 7.21. The first-order chi connectivity index (χ1) is 14.5. The molecule has 0 spiro atoms. The highest BCUT2D eigenvalue weighted by atomic mass is 16.5. The Labute approximate surface area is 175 Å². The number of nitrogens with zero attached hydrogens (tertiary/aromatic N) is 1. The average molecular weight is 408 g/mol. The summed E-state index contributed by atoms with van der Waals surface area (Å²) in [7, 11) is 0. The molecule has 1 aliphatic heterocycles. The van der Waals surface area contributed by atoms with Crippen molar-refractivity contribution in [3.63, 3.8) is 0 Å². The molecule has 0 radical (unpaired) electrons. The summed E-state index contributed by atoms with van der Waals surface area (Å²) < 4.78 is 10.8. The fraction of sp³-hybridized carbons (Fsp3) is 0.261. The third-order valence-electron chi connectivity index (χ3n) is 4.76. The molecule has 0 aliphatic carbocycles. The van der Waals surface area contributed by atoms with Crippen molar-refractivity contribution in [3.8, 4) is 11.5 Å². The van der Waals surface area contributed by atoms with Crippen molar-refractivity contribution in [1.29, 1.82) is 0 Å². The SMILES string of the molecule is NC(=O)[C@@H]1CCCN(C(=O)COC(=O)/C=C/c2cccc(Oc3ccccc3)c2)C1. The molecule has 0 saturated carbocycles. The largest absolute Gasteiger partial charge is 0.457 e. The number of hydrogen-bond donors (Lipinski definition) is 1. The molecular formula is C23H24N2O5. The second kappa shape index (κ2) is 10.2. The molecule has 1 saturated heterocycles. The molecule has 3 rings (SSSR count). The van der Waals surface area contributed by atoms with E-state index in [1.807, 2.05) is 48.5 Å². The average Bonchev–Trinajstić information content (AvgIpc) is 2.77. The van der Waals surface area contributed by atoms with E-state index in [1.165, 1.54) is 11.0 Å². The number of rotatable bonds is 7. The number of nitrogens with two attached hydrogens (primary N) is 1. The lowest BCUT2D eigenvalue weighted by molar-refractivity contribution is -0.149. The van der Waals surface area contributed by atoms with E-state index in [0.717, 1.165) is 5.56 Å². The molecule has 7 nitrogen and oxygen atoms in total. The summed E-state index contributed by atoms with van der Waals surface area (Å²) >= 11 is 0. The number of carbonyl (C=O) groups is 3. The minimum Gasteiger partial charge on any atom is -0.457 e. The molecule has 0 unspecified atom stereocenters. The Morgan fingerprint density at radius 3 is 2.60 bits per heavy atom. The number of esters is 1. The summed E-state index contributed by atoms with van der Waals surface area (Å²) in [4.78, 5) is 37.0. The van der Waals surface area contributed by atoms with Crippen LogP contribution in [-0.2, 0) is 19.1 Å². The summed E-state index contributed by atoms with van der Waals surface area (Å²) in [5.74, 6) is -0.356. The van der Waals surface area contributed by atoms with E-state index in [9.17, 15) is 14.4 Å². The van der Waals surface area contributed by atoms with E-state index in [-0.39, 0.29) is 25.0 Å². The molecular weight excluding hydrogens is 384 g/mol. The number of para-hydroxylation sites is 1. The predicted molar refractivity (Wildman–Crippen MR) is 111 cm³/mol. The van der Waals surface area contributed by atoms with Crippen LogP contribution in [0.5, 0.6) is 11.5 Å². The van der Waals surface area contributed by atoms with Gasteiger partial charge in [0.2, 0.25) is 5.91 Å². The normalized spacial score (nSPS) is 16.3. The van der Waals surface area contributed by atoms with Gasteiger partial charge < -0.3 is 20.1 Å². The second-order valence-electron chi connectivity index (χ2n) is 7.01. The van der Waals surface area contributed by atoms with Crippen LogP contribution in [-0.4, -0.2) is 42.4 Å². The van der Waals surface area contributed by atoms with Gasteiger partial charge in [0.25, 0.3) is 5.91 Å². The van der Waals surface area contributed by atoms with Crippen LogP contribution in [0.15, 0.2) is 60.7 Å². The van der Waals surface area contributed by atoms with E-state index in [2.05, 4.69) is 0 Å². The highest BCUT2D eigenvalue weighted by Crippen LogP contribution is 2.22.